The maximum atomic E-state index is 2.35. The Balaban J connectivity index is 1.77. The van der Waals surface area contributed by atoms with Gasteiger partial charge in [0.1, 0.15) is 0 Å². The van der Waals surface area contributed by atoms with Crippen LogP contribution in [0.15, 0.2) is 71.4 Å². The summed E-state index contributed by atoms with van der Waals surface area (Å²) in [7, 11) is 0. The monoisotopic (exact) mass is 348 g/mol. The molecule has 0 aliphatic rings. The molecule has 0 fully saturated rings. The standard InChI is InChI=1S/C20H12S3/c1-3-17(21-9-1)13-5-7-19-15(11-13)16-12-14(6-8-20(16)23-19)18-4-2-10-22-18/h1-12H. The minimum Gasteiger partial charge on any atom is -0.144 e. The largest absolute Gasteiger partial charge is 0.144 e. The predicted octanol–water partition coefficient (Wildman–Crippen LogP) is 7.51. The lowest BCUT2D eigenvalue weighted by Crippen LogP contribution is -1.74. The van der Waals surface area contributed by atoms with Crippen molar-refractivity contribution in [2.45, 2.75) is 0 Å². The smallest absolute Gasteiger partial charge is 0.0355 e. The topological polar surface area (TPSA) is 0 Å². The summed E-state index contributed by atoms with van der Waals surface area (Å²) >= 11 is 5.48. The average Bonchev–Trinajstić information content (AvgIpc) is 3.33. The molecule has 0 aliphatic heterocycles. The molecule has 3 heteroatoms. The van der Waals surface area contributed by atoms with Gasteiger partial charge in [0.05, 0.1) is 0 Å². The number of fused-ring (bicyclic) bond motifs is 3. The normalized spacial score (nSPS) is 11.5. The molecular weight excluding hydrogens is 336 g/mol. The van der Waals surface area contributed by atoms with Crippen molar-refractivity contribution in [3.63, 3.8) is 0 Å². The molecule has 0 nitrogen and oxygen atoms in total. The molecule has 0 N–H and O–H groups in total. The Labute approximate surface area is 146 Å². The minimum atomic E-state index is 1.31. The number of hydrogen-bond acceptors (Lipinski definition) is 3. The third-order valence-corrected chi connectivity index (χ3v) is 7.07. The molecule has 0 amide bonds. The zero-order chi connectivity index (χ0) is 15.2. The van der Waals surface area contributed by atoms with Gasteiger partial charge in [-0.05, 0) is 58.3 Å². The van der Waals surface area contributed by atoms with Gasteiger partial charge in [-0.15, -0.1) is 34.0 Å². The molecule has 3 heterocycles. The first-order chi connectivity index (χ1) is 11.4. The van der Waals surface area contributed by atoms with E-state index in [1.165, 1.54) is 41.1 Å². The van der Waals surface area contributed by atoms with E-state index in [1.54, 1.807) is 22.7 Å². The third-order valence-electron chi connectivity index (χ3n) is 4.08. The fraction of sp³-hybridized carbons (Fsp3) is 0. The van der Waals surface area contributed by atoms with Crippen molar-refractivity contribution in [3.05, 3.63) is 71.4 Å². The highest BCUT2D eigenvalue weighted by atomic mass is 32.1. The van der Waals surface area contributed by atoms with Crippen LogP contribution in [-0.4, -0.2) is 0 Å². The number of hydrogen-bond donors (Lipinski definition) is 0. The Kier molecular flexibility index (Phi) is 3.11. The van der Waals surface area contributed by atoms with Crippen molar-refractivity contribution >= 4 is 54.2 Å². The first-order valence-electron chi connectivity index (χ1n) is 7.42. The molecular formula is C20H12S3. The second-order valence-corrected chi connectivity index (χ2v) is 8.46. The molecule has 0 saturated heterocycles. The van der Waals surface area contributed by atoms with Gasteiger partial charge in [-0.3, -0.25) is 0 Å². The van der Waals surface area contributed by atoms with E-state index in [1.807, 2.05) is 11.3 Å². The van der Waals surface area contributed by atoms with Gasteiger partial charge in [0.2, 0.25) is 0 Å². The summed E-state index contributed by atoms with van der Waals surface area (Å²) < 4.78 is 2.73. The Morgan fingerprint density at radius 2 is 1.09 bits per heavy atom. The summed E-state index contributed by atoms with van der Waals surface area (Å²) in [6.45, 7) is 0. The van der Waals surface area contributed by atoms with Gasteiger partial charge in [0.25, 0.3) is 0 Å². The highest BCUT2D eigenvalue weighted by Crippen LogP contribution is 2.39. The van der Waals surface area contributed by atoms with E-state index in [9.17, 15) is 0 Å². The molecule has 0 aliphatic carbocycles. The van der Waals surface area contributed by atoms with Gasteiger partial charge in [-0.25, -0.2) is 0 Å². The molecule has 0 atom stereocenters. The fourth-order valence-electron chi connectivity index (χ4n) is 2.97. The Morgan fingerprint density at radius 3 is 1.52 bits per heavy atom. The molecule has 5 aromatic rings. The Morgan fingerprint density at radius 1 is 0.565 bits per heavy atom. The second kappa shape index (κ2) is 5.31. The molecule has 2 aromatic carbocycles. The SMILES string of the molecule is c1csc(-c2ccc3sc4ccc(-c5cccs5)cc4c3c2)c1. The van der Waals surface area contributed by atoms with Gasteiger partial charge in [-0.1, -0.05) is 24.3 Å². The van der Waals surface area contributed by atoms with Crippen LogP contribution in [0.5, 0.6) is 0 Å². The van der Waals surface area contributed by atoms with Crippen LogP contribution < -0.4 is 0 Å². The minimum absolute atomic E-state index is 1.31. The van der Waals surface area contributed by atoms with Crippen molar-refractivity contribution < 1.29 is 0 Å². The maximum absolute atomic E-state index is 2.35. The molecule has 23 heavy (non-hydrogen) atoms. The number of thiophene rings is 3. The maximum Gasteiger partial charge on any atom is 0.0355 e. The van der Waals surface area contributed by atoms with Crippen molar-refractivity contribution in [2.75, 3.05) is 0 Å². The summed E-state index contributed by atoms with van der Waals surface area (Å²) in [4.78, 5) is 2.67. The molecule has 0 unspecified atom stereocenters. The van der Waals surface area contributed by atoms with E-state index in [2.05, 4.69) is 71.4 Å². The van der Waals surface area contributed by atoms with E-state index in [0.29, 0.717) is 0 Å². The molecule has 110 valence electrons. The summed E-state index contributed by atoms with van der Waals surface area (Å²) in [5.41, 5.74) is 2.63. The molecule has 0 radical (unpaired) electrons. The van der Waals surface area contributed by atoms with Crippen LogP contribution in [0.2, 0.25) is 0 Å². The van der Waals surface area contributed by atoms with Crippen LogP contribution in [0.4, 0.5) is 0 Å². The highest BCUT2D eigenvalue weighted by Gasteiger charge is 2.09. The summed E-state index contributed by atoms with van der Waals surface area (Å²) in [6, 6.07) is 22.3. The fourth-order valence-corrected chi connectivity index (χ4v) is 5.48. The van der Waals surface area contributed by atoms with Gasteiger partial charge < -0.3 is 0 Å². The van der Waals surface area contributed by atoms with E-state index in [-0.39, 0.29) is 0 Å². The van der Waals surface area contributed by atoms with Crippen molar-refractivity contribution in [3.8, 4) is 20.9 Å². The van der Waals surface area contributed by atoms with Crippen molar-refractivity contribution in [1.82, 2.24) is 0 Å². The Bertz CT molecular complexity index is 1010. The van der Waals surface area contributed by atoms with Gasteiger partial charge in [0.15, 0.2) is 0 Å². The number of benzene rings is 2. The highest BCUT2D eigenvalue weighted by molar-refractivity contribution is 7.25. The van der Waals surface area contributed by atoms with E-state index >= 15 is 0 Å². The molecule has 5 rings (SSSR count). The van der Waals surface area contributed by atoms with Crippen LogP contribution in [-0.2, 0) is 0 Å². The summed E-state index contributed by atoms with van der Waals surface area (Å²) in [6.07, 6.45) is 0. The molecule has 0 saturated carbocycles. The summed E-state index contributed by atoms with van der Waals surface area (Å²) in [5.74, 6) is 0. The average molecular weight is 349 g/mol. The molecule has 0 bridgehead atoms. The lowest BCUT2D eigenvalue weighted by molar-refractivity contribution is 1.79. The first-order valence-corrected chi connectivity index (χ1v) is 10.0. The van der Waals surface area contributed by atoms with Crippen LogP contribution in [0.25, 0.3) is 41.1 Å². The molecule has 3 aromatic heterocycles. The zero-order valence-corrected chi connectivity index (χ0v) is 14.6. The van der Waals surface area contributed by atoms with Crippen LogP contribution in [0.1, 0.15) is 0 Å². The quantitative estimate of drug-likeness (QED) is 0.309. The van der Waals surface area contributed by atoms with Crippen LogP contribution in [0.3, 0.4) is 0 Å². The second-order valence-electron chi connectivity index (χ2n) is 5.48. The lowest BCUT2D eigenvalue weighted by atomic mass is 10.1. The predicted molar refractivity (Wildman–Crippen MR) is 106 cm³/mol. The van der Waals surface area contributed by atoms with E-state index < -0.39 is 0 Å². The van der Waals surface area contributed by atoms with Crippen molar-refractivity contribution in [2.24, 2.45) is 0 Å². The van der Waals surface area contributed by atoms with Gasteiger partial charge in [0, 0.05) is 29.9 Å². The van der Waals surface area contributed by atoms with Crippen LogP contribution >= 0.6 is 34.0 Å². The first kappa shape index (κ1) is 13.5. The zero-order valence-electron chi connectivity index (χ0n) is 12.2. The third kappa shape index (κ3) is 2.24. The van der Waals surface area contributed by atoms with Crippen LogP contribution in [0, 0.1) is 0 Å². The van der Waals surface area contributed by atoms with E-state index in [4.69, 9.17) is 0 Å². The van der Waals surface area contributed by atoms with Crippen molar-refractivity contribution in [1.29, 1.82) is 0 Å². The van der Waals surface area contributed by atoms with Gasteiger partial charge >= 0.3 is 0 Å². The number of rotatable bonds is 2. The lowest BCUT2D eigenvalue weighted by Gasteiger charge is -2.00. The Hall–Kier alpha value is -1.94. The van der Waals surface area contributed by atoms with Gasteiger partial charge in [-0.2, -0.15) is 0 Å². The van der Waals surface area contributed by atoms with E-state index in [0.717, 1.165) is 0 Å². The molecule has 0 spiro atoms. The summed E-state index contributed by atoms with van der Waals surface area (Å²) in [5, 5.41) is 7.02.